The van der Waals surface area contributed by atoms with Crippen LogP contribution in [0.4, 0.5) is 10.2 Å². The molecule has 1 N–H and O–H groups in total. The van der Waals surface area contributed by atoms with Gasteiger partial charge in [0, 0.05) is 12.4 Å². The van der Waals surface area contributed by atoms with Crippen molar-refractivity contribution in [2.24, 2.45) is 0 Å². The van der Waals surface area contributed by atoms with Crippen LogP contribution in [0.15, 0.2) is 42.9 Å². The molecule has 0 saturated heterocycles. The molecule has 0 aliphatic rings. The number of aromatic nitrogens is 4. The standard InChI is InChI=1S/C15H12Cl2FN5O/c16-11-5-19-22(7-11)9-14(24)20-15-13(17)8-23(21-15)6-10-2-1-3-12(18)4-10/h1-5,7-8H,6,9H2,(H,20,21,24). The average Bonchev–Trinajstić information content (AvgIpc) is 3.05. The van der Waals surface area contributed by atoms with Crippen LogP contribution in [-0.2, 0) is 17.9 Å². The Balaban J connectivity index is 1.66. The molecule has 1 aromatic carbocycles. The lowest BCUT2D eigenvalue weighted by Gasteiger charge is -2.03. The maximum absolute atomic E-state index is 13.2. The molecule has 0 unspecified atom stereocenters. The molecule has 3 rings (SSSR count). The number of hydrogen-bond acceptors (Lipinski definition) is 3. The van der Waals surface area contributed by atoms with E-state index in [4.69, 9.17) is 23.2 Å². The smallest absolute Gasteiger partial charge is 0.247 e. The summed E-state index contributed by atoms with van der Waals surface area (Å²) in [4.78, 5) is 12.0. The lowest BCUT2D eigenvalue weighted by atomic mass is 10.2. The fraction of sp³-hybridized carbons (Fsp3) is 0.133. The molecule has 24 heavy (non-hydrogen) atoms. The molecular weight excluding hydrogens is 356 g/mol. The zero-order valence-corrected chi connectivity index (χ0v) is 13.8. The summed E-state index contributed by atoms with van der Waals surface area (Å²) in [6, 6.07) is 6.17. The Kier molecular flexibility index (Phi) is 4.82. The number of carbonyl (C=O) groups is 1. The summed E-state index contributed by atoms with van der Waals surface area (Å²) in [7, 11) is 0. The monoisotopic (exact) mass is 367 g/mol. The number of benzene rings is 1. The van der Waals surface area contributed by atoms with Gasteiger partial charge >= 0.3 is 0 Å². The third kappa shape index (κ3) is 4.12. The summed E-state index contributed by atoms with van der Waals surface area (Å²) in [6.45, 7) is 0.321. The highest BCUT2D eigenvalue weighted by Crippen LogP contribution is 2.20. The Hall–Kier alpha value is -2.38. The first-order valence-electron chi connectivity index (χ1n) is 6.95. The van der Waals surface area contributed by atoms with Crippen LogP contribution in [-0.4, -0.2) is 25.5 Å². The predicted molar refractivity (Wildman–Crippen MR) is 88.6 cm³/mol. The summed E-state index contributed by atoms with van der Waals surface area (Å²) in [5.41, 5.74) is 0.734. The normalized spacial score (nSPS) is 10.8. The SMILES string of the molecule is O=C(Cn1cc(Cl)cn1)Nc1nn(Cc2cccc(F)c2)cc1Cl. The minimum atomic E-state index is -0.340. The zero-order valence-electron chi connectivity index (χ0n) is 12.3. The van der Waals surface area contributed by atoms with Crippen molar-refractivity contribution in [1.29, 1.82) is 0 Å². The van der Waals surface area contributed by atoms with Crippen LogP contribution >= 0.6 is 23.2 Å². The predicted octanol–water partition coefficient (Wildman–Crippen LogP) is 3.21. The Morgan fingerprint density at radius 2 is 2.08 bits per heavy atom. The highest BCUT2D eigenvalue weighted by Gasteiger charge is 2.12. The van der Waals surface area contributed by atoms with E-state index in [1.807, 2.05) is 0 Å². The van der Waals surface area contributed by atoms with Crippen molar-refractivity contribution in [3.63, 3.8) is 0 Å². The number of nitrogens with one attached hydrogen (secondary N) is 1. The summed E-state index contributed by atoms with van der Waals surface area (Å²) in [5.74, 6) is -0.429. The second-order valence-electron chi connectivity index (χ2n) is 5.06. The minimum Gasteiger partial charge on any atom is -0.306 e. The molecule has 0 atom stereocenters. The van der Waals surface area contributed by atoms with Gasteiger partial charge in [0.05, 0.1) is 17.8 Å². The van der Waals surface area contributed by atoms with Crippen LogP contribution in [0.1, 0.15) is 5.56 Å². The van der Waals surface area contributed by atoms with E-state index in [9.17, 15) is 9.18 Å². The molecule has 0 radical (unpaired) electrons. The van der Waals surface area contributed by atoms with Gasteiger partial charge in [0.15, 0.2) is 5.82 Å². The molecule has 9 heteroatoms. The maximum Gasteiger partial charge on any atom is 0.247 e. The van der Waals surface area contributed by atoms with Crippen LogP contribution < -0.4 is 5.32 Å². The minimum absolute atomic E-state index is 0.0141. The van der Waals surface area contributed by atoms with E-state index < -0.39 is 0 Å². The van der Waals surface area contributed by atoms with E-state index in [0.717, 1.165) is 5.56 Å². The number of halogens is 3. The summed E-state index contributed by atoms with van der Waals surface area (Å²) < 4.78 is 16.1. The van der Waals surface area contributed by atoms with Gasteiger partial charge in [-0.25, -0.2) is 4.39 Å². The number of amides is 1. The van der Waals surface area contributed by atoms with Crippen LogP contribution in [0, 0.1) is 5.82 Å². The second kappa shape index (κ2) is 7.02. The number of carbonyl (C=O) groups excluding carboxylic acids is 1. The molecule has 124 valence electrons. The van der Waals surface area contributed by atoms with E-state index >= 15 is 0 Å². The van der Waals surface area contributed by atoms with Gasteiger partial charge in [-0.3, -0.25) is 14.2 Å². The average molecular weight is 368 g/mol. The molecule has 6 nitrogen and oxygen atoms in total. The van der Waals surface area contributed by atoms with Crippen molar-refractivity contribution in [3.8, 4) is 0 Å². The number of rotatable bonds is 5. The molecular formula is C15H12Cl2FN5O. The molecule has 0 spiro atoms. The van der Waals surface area contributed by atoms with Gasteiger partial charge in [0.1, 0.15) is 17.4 Å². The van der Waals surface area contributed by atoms with Crippen LogP contribution in [0.5, 0.6) is 0 Å². The zero-order chi connectivity index (χ0) is 17.1. The van der Waals surface area contributed by atoms with Crippen molar-refractivity contribution in [3.05, 3.63) is 64.3 Å². The van der Waals surface area contributed by atoms with E-state index in [-0.39, 0.29) is 24.1 Å². The molecule has 0 saturated carbocycles. The second-order valence-corrected chi connectivity index (χ2v) is 5.90. The van der Waals surface area contributed by atoms with E-state index in [2.05, 4.69) is 15.5 Å². The fourth-order valence-electron chi connectivity index (χ4n) is 2.13. The van der Waals surface area contributed by atoms with Gasteiger partial charge in [-0.2, -0.15) is 10.2 Å². The van der Waals surface area contributed by atoms with E-state index in [1.165, 1.54) is 33.9 Å². The van der Waals surface area contributed by atoms with Crippen molar-refractivity contribution in [2.45, 2.75) is 13.1 Å². The van der Waals surface area contributed by atoms with Crippen LogP contribution in [0.3, 0.4) is 0 Å². The number of nitrogens with zero attached hydrogens (tertiary/aromatic N) is 4. The van der Waals surface area contributed by atoms with Crippen LogP contribution in [0.25, 0.3) is 0 Å². The molecule has 0 bridgehead atoms. The first-order valence-corrected chi connectivity index (χ1v) is 7.70. The van der Waals surface area contributed by atoms with Gasteiger partial charge < -0.3 is 5.32 Å². The molecule has 0 aliphatic heterocycles. The van der Waals surface area contributed by atoms with Crippen LogP contribution in [0.2, 0.25) is 10.0 Å². The van der Waals surface area contributed by atoms with E-state index in [0.29, 0.717) is 16.6 Å². The molecule has 3 aromatic rings. The first kappa shape index (κ1) is 16.5. The highest BCUT2D eigenvalue weighted by atomic mass is 35.5. The molecule has 2 heterocycles. The molecule has 1 amide bonds. The number of anilines is 1. The maximum atomic E-state index is 13.2. The third-order valence-electron chi connectivity index (χ3n) is 3.12. The van der Waals surface area contributed by atoms with Gasteiger partial charge in [-0.1, -0.05) is 35.3 Å². The quantitative estimate of drug-likeness (QED) is 0.752. The largest absolute Gasteiger partial charge is 0.306 e. The molecule has 0 fully saturated rings. The topological polar surface area (TPSA) is 64.7 Å². The van der Waals surface area contributed by atoms with Crippen molar-refractivity contribution < 1.29 is 9.18 Å². The Morgan fingerprint density at radius 3 is 2.79 bits per heavy atom. The van der Waals surface area contributed by atoms with Gasteiger partial charge in [0.2, 0.25) is 5.91 Å². The van der Waals surface area contributed by atoms with E-state index in [1.54, 1.807) is 18.3 Å². The molecule has 0 aliphatic carbocycles. The summed E-state index contributed by atoms with van der Waals surface area (Å²) >= 11 is 11.8. The van der Waals surface area contributed by atoms with Gasteiger partial charge in [-0.05, 0) is 17.7 Å². The van der Waals surface area contributed by atoms with Crippen molar-refractivity contribution >= 4 is 34.9 Å². The van der Waals surface area contributed by atoms with Crippen molar-refractivity contribution in [2.75, 3.05) is 5.32 Å². The highest BCUT2D eigenvalue weighted by molar-refractivity contribution is 6.33. The molecule has 2 aromatic heterocycles. The van der Waals surface area contributed by atoms with Gasteiger partial charge in [-0.15, -0.1) is 0 Å². The Morgan fingerprint density at radius 1 is 1.25 bits per heavy atom. The lowest BCUT2D eigenvalue weighted by Crippen LogP contribution is -2.19. The third-order valence-corrected chi connectivity index (χ3v) is 3.59. The number of hydrogen-bond donors (Lipinski definition) is 1. The van der Waals surface area contributed by atoms with Gasteiger partial charge in [0.25, 0.3) is 0 Å². The summed E-state index contributed by atoms with van der Waals surface area (Å²) in [6.07, 6.45) is 4.54. The lowest BCUT2D eigenvalue weighted by molar-refractivity contribution is -0.116. The first-order chi connectivity index (χ1) is 11.5. The summed E-state index contributed by atoms with van der Waals surface area (Å²) in [5, 5.41) is 11.5. The Labute approximate surface area is 146 Å². The van der Waals surface area contributed by atoms with Crippen molar-refractivity contribution in [1.82, 2.24) is 19.6 Å². The fourth-order valence-corrected chi connectivity index (χ4v) is 2.48. The Bertz CT molecular complexity index is 876.